The highest BCUT2D eigenvalue weighted by Crippen LogP contribution is 2.33. The van der Waals surface area contributed by atoms with Crippen molar-refractivity contribution < 1.29 is 36.6 Å². The Labute approximate surface area is 246 Å². The summed E-state index contributed by atoms with van der Waals surface area (Å²) in [6, 6.07) is 8.34. The van der Waals surface area contributed by atoms with Crippen LogP contribution in [0.3, 0.4) is 0 Å². The lowest BCUT2D eigenvalue weighted by Gasteiger charge is -2.30. The summed E-state index contributed by atoms with van der Waals surface area (Å²) in [5.74, 6) is -4.07. The van der Waals surface area contributed by atoms with Crippen LogP contribution in [-0.2, 0) is 19.6 Å². The van der Waals surface area contributed by atoms with Gasteiger partial charge < -0.3 is 14.7 Å². The third kappa shape index (κ3) is 6.71. The van der Waals surface area contributed by atoms with Gasteiger partial charge in [0.25, 0.3) is 5.91 Å². The number of aromatic nitrogens is 1. The van der Waals surface area contributed by atoms with Crippen molar-refractivity contribution >= 4 is 43.4 Å². The Balaban J connectivity index is 1.35. The molecule has 10 nitrogen and oxygen atoms in total. The van der Waals surface area contributed by atoms with Crippen molar-refractivity contribution in [2.24, 2.45) is 5.92 Å². The molecule has 1 atom stereocenters. The number of nitrogens with one attached hydrogen (secondary N) is 1. The highest BCUT2D eigenvalue weighted by Gasteiger charge is 2.30. The molecule has 0 radical (unpaired) electrons. The third-order valence-electron chi connectivity index (χ3n) is 7.39. The number of aliphatic carboxylic acids is 1. The number of anilines is 2. The first-order valence-electron chi connectivity index (χ1n) is 13.6. The van der Waals surface area contributed by atoms with Gasteiger partial charge in [-0.3, -0.25) is 14.9 Å². The number of halogens is 2. The number of nitrogens with zero attached hydrogens (tertiary/aromatic N) is 3. The highest BCUT2D eigenvalue weighted by atomic mass is 32.2. The summed E-state index contributed by atoms with van der Waals surface area (Å²) in [7, 11) is -3.72. The number of benzene rings is 2. The standard InChI is InChI=1S/C28H30F2N4O6S2/c29-20-6-9-23(22(30)16-20)40-25(18-4-7-21(8-5-18)42(38,39)34-12-2-1-3-13-34)26(35)32-28-31-17-24(41-28)33-14-10-19(11-15-33)27(36)37/h4-9,16-17,19,25H,1-3,10-15H2,(H,36,37)(H,31,32,35). The second-order valence-corrected chi connectivity index (χ2v) is 13.1. The first kappa shape index (κ1) is 29.9. The van der Waals surface area contributed by atoms with Gasteiger partial charge in [-0.25, -0.2) is 22.2 Å². The predicted octanol–water partition coefficient (Wildman–Crippen LogP) is 4.66. The van der Waals surface area contributed by atoms with Gasteiger partial charge in [0.15, 0.2) is 16.7 Å². The number of sulfonamides is 1. The Kier molecular flexibility index (Phi) is 9.04. The summed E-state index contributed by atoms with van der Waals surface area (Å²) in [5, 5.41) is 12.9. The van der Waals surface area contributed by atoms with Crippen molar-refractivity contribution in [3.05, 3.63) is 65.9 Å². The maximum atomic E-state index is 14.5. The second-order valence-electron chi connectivity index (χ2n) is 10.2. The largest absolute Gasteiger partial charge is 0.481 e. The van der Waals surface area contributed by atoms with Crippen LogP contribution in [0, 0.1) is 17.6 Å². The fraction of sp³-hybridized carbons (Fsp3) is 0.393. The van der Waals surface area contributed by atoms with E-state index in [4.69, 9.17) is 4.74 Å². The summed E-state index contributed by atoms with van der Waals surface area (Å²) in [6.07, 6.45) is 3.70. The fourth-order valence-corrected chi connectivity index (χ4v) is 7.42. The molecule has 2 aromatic carbocycles. The minimum atomic E-state index is -3.72. The van der Waals surface area contributed by atoms with E-state index in [1.807, 2.05) is 4.90 Å². The first-order valence-corrected chi connectivity index (χ1v) is 15.8. The third-order valence-corrected chi connectivity index (χ3v) is 10.3. The van der Waals surface area contributed by atoms with Crippen LogP contribution in [0.1, 0.15) is 43.8 Å². The van der Waals surface area contributed by atoms with Gasteiger partial charge in [-0.05, 0) is 49.9 Å². The number of hydrogen-bond donors (Lipinski definition) is 2. The number of carbonyl (C=O) groups is 2. The first-order chi connectivity index (χ1) is 20.1. The van der Waals surface area contributed by atoms with Crippen LogP contribution in [-0.4, -0.2) is 60.9 Å². The zero-order chi connectivity index (χ0) is 29.9. The quantitative estimate of drug-likeness (QED) is 0.354. The lowest BCUT2D eigenvalue weighted by atomic mass is 9.97. The van der Waals surface area contributed by atoms with Crippen LogP contribution in [0.15, 0.2) is 53.6 Å². The topological polar surface area (TPSA) is 129 Å². The fourth-order valence-electron chi connectivity index (χ4n) is 5.03. The van der Waals surface area contributed by atoms with E-state index in [-0.39, 0.29) is 27.3 Å². The van der Waals surface area contributed by atoms with Gasteiger partial charge in [-0.1, -0.05) is 29.9 Å². The normalized spacial score (nSPS) is 17.5. The van der Waals surface area contributed by atoms with E-state index >= 15 is 0 Å². The molecule has 3 heterocycles. The second kappa shape index (κ2) is 12.7. The lowest BCUT2D eigenvalue weighted by molar-refractivity contribution is -0.142. The number of rotatable bonds is 9. The molecule has 0 bridgehead atoms. The average molecular weight is 621 g/mol. The maximum absolute atomic E-state index is 14.5. The Morgan fingerprint density at radius 1 is 1.02 bits per heavy atom. The highest BCUT2D eigenvalue weighted by molar-refractivity contribution is 7.89. The molecule has 0 spiro atoms. The van der Waals surface area contributed by atoms with Crippen LogP contribution in [0.4, 0.5) is 18.9 Å². The molecule has 1 unspecified atom stereocenters. The van der Waals surface area contributed by atoms with Crippen molar-refractivity contribution in [3.8, 4) is 5.75 Å². The van der Waals surface area contributed by atoms with E-state index in [9.17, 15) is 31.9 Å². The zero-order valence-electron chi connectivity index (χ0n) is 22.5. The van der Waals surface area contributed by atoms with Crippen LogP contribution < -0.4 is 15.0 Å². The molecule has 2 N–H and O–H groups in total. The van der Waals surface area contributed by atoms with E-state index in [0.29, 0.717) is 45.1 Å². The van der Waals surface area contributed by atoms with E-state index in [2.05, 4.69) is 10.3 Å². The Bertz CT molecular complexity index is 1540. The van der Waals surface area contributed by atoms with Crippen molar-refractivity contribution in [1.29, 1.82) is 0 Å². The Morgan fingerprint density at radius 2 is 1.71 bits per heavy atom. The van der Waals surface area contributed by atoms with Crippen molar-refractivity contribution in [1.82, 2.24) is 9.29 Å². The molecule has 2 saturated heterocycles. The molecule has 42 heavy (non-hydrogen) atoms. The van der Waals surface area contributed by atoms with E-state index in [0.717, 1.165) is 36.4 Å². The van der Waals surface area contributed by atoms with Gasteiger partial charge in [-0.15, -0.1) is 0 Å². The number of ether oxygens (including phenoxy) is 1. The summed E-state index contributed by atoms with van der Waals surface area (Å²) < 4.78 is 61.3. The molecular weight excluding hydrogens is 590 g/mol. The minimum Gasteiger partial charge on any atom is -0.481 e. The number of hydrogen-bond acceptors (Lipinski definition) is 8. The van der Waals surface area contributed by atoms with Crippen molar-refractivity contribution in [2.75, 3.05) is 36.4 Å². The lowest BCUT2D eigenvalue weighted by Crippen LogP contribution is -2.35. The molecule has 2 fully saturated rings. The summed E-state index contributed by atoms with van der Waals surface area (Å²) in [6.45, 7) is 1.95. The predicted molar refractivity (Wildman–Crippen MR) is 152 cm³/mol. The van der Waals surface area contributed by atoms with Crippen LogP contribution in [0.2, 0.25) is 0 Å². The molecular formula is C28H30F2N4O6S2. The van der Waals surface area contributed by atoms with Gasteiger partial charge >= 0.3 is 5.97 Å². The monoisotopic (exact) mass is 620 g/mol. The molecule has 1 aromatic heterocycles. The number of carbonyl (C=O) groups excluding carboxylic acids is 1. The number of carboxylic acids is 1. The summed E-state index contributed by atoms with van der Waals surface area (Å²) >= 11 is 1.19. The Morgan fingerprint density at radius 3 is 2.36 bits per heavy atom. The van der Waals surface area contributed by atoms with Crippen LogP contribution in [0.25, 0.3) is 0 Å². The smallest absolute Gasteiger partial charge is 0.306 e. The molecule has 0 aliphatic carbocycles. The number of piperidine rings is 2. The molecule has 5 rings (SSSR count). The molecule has 2 aliphatic heterocycles. The number of thiazole rings is 1. The van der Waals surface area contributed by atoms with Gasteiger partial charge in [0.1, 0.15) is 10.8 Å². The molecule has 224 valence electrons. The number of amides is 1. The van der Waals surface area contributed by atoms with Gasteiger partial charge in [-0.2, -0.15) is 4.31 Å². The molecule has 2 aliphatic rings. The van der Waals surface area contributed by atoms with Crippen LogP contribution in [0.5, 0.6) is 5.75 Å². The Hall–Kier alpha value is -3.62. The van der Waals surface area contributed by atoms with E-state index < -0.39 is 39.6 Å². The summed E-state index contributed by atoms with van der Waals surface area (Å²) in [5.41, 5.74) is 0.251. The molecule has 3 aromatic rings. The molecule has 14 heteroatoms. The van der Waals surface area contributed by atoms with Gasteiger partial charge in [0.2, 0.25) is 16.1 Å². The minimum absolute atomic E-state index is 0.0662. The SMILES string of the molecule is O=C(O)C1CCN(c2cnc(NC(=O)C(Oc3ccc(F)cc3F)c3ccc(S(=O)(=O)N4CCCCC4)cc3)s2)CC1. The van der Waals surface area contributed by atoms with Crippen LogP contribution >= 0.6 is 11.3 Å². The van der Waals surface area contributed by atoms with E-state index in [1.165, 1.54) is 39.9 Å². The molecule has 0 saturated carbocycles. The van der Waals surface area contributed by atoms with Gasteiger partial charge in [0.05, 0.1) is 17.0 Å². The average Bonchev–Trinajstić information content (AvgIpc) is 3.45. The zero-order valence-corrected chi connectivity index (χ0v) is 24.2. The van der Waals surface area contributed by atoms with Gasteiger partial charge in [0, 0.05) is 37.8 Å². The maximum Gasteiger partial charge on any atom is 0.306 e. The summed E-state index contributed by atoms with van der Waals surface area (Å²) in [4.78, 5) is 31.0. The number of carboxylic acid groups (broad SMARTS) is 1. The molecule has 1 amide bonds. The van der Waals surface area contributed by atoms with Crippen molar-refractivity contribution in [3.63, 3.8) is 0 Å². The van der Waals surface area contributed by atoms with Crippen molar-refractivity contribution in [2.45, 2.75) is 43.1 Å². The van der Waals surface area contributed by atoms with E-state index in [1.54, 1.807) is 6.20 Å².